The van der Waals surface area contributed by atoms with Crippen molar-refractivity contribution >= 4 is 37.6 Å². The summed E-state index contributed by atoms with van der Waals surface area (Å²) in [6, 6.07) is 20.0. The highest BCUT2D eigenvalue weighted by atomic mass is 79.9. The van der Waals surface area contributed by atoms with Gasteiger partial charge in [-0.25, -0.2) is 0 Å². The number of aryl methyl sites for hydroxylation is 1. The number of halogens is 2. The molecule has 1 aliphatic rings. The minimum atomic E-state index is -0.250. The fraction of sp³-hybridized carbons (Fsp3) is 0.240. The third-order valence-corrected chi connectivity index (χ3v) is 6.71. The maximum Gasteiger partial charge on any atom is 0.133 e. The first-order chi connectivity index (χ1) is 15.0. The quantitative estimate of drug-likeness (QED) is 0.376. The molecule has 31 heavy (non-hydrogen) atoms. The van der Waals surface area contributed by atoms with E-state index in [0.29, 0.717) is 6.42 Å². The van der Waals surface area contributed by atoms with Crippen molar-refractivity contribution < 1.29 is 9.84 Å². The lowest BCUT2D eigenvalue weighted by atomic mass is 9.93. The molecule has 6 heteroatoms. The summed E-state index contributed by atoms with van der Waals surface area (Å²) in [4.78, 5) is 5.05. The highest BCUT2D eigenvalue weighted by Crippen LogP contribution is 2.37. The molecule has 2 N–H and O–H groups in total. The average Bonchev–Trinajstić information content (AvgIpc) is 2.80. The summed E-state index contributed by atoms with van der Waals surface area (Å²) in [5.74, 6) is 1.05. The first-order valence-corrected chi connectivity index (χ1v) is 11.8. The first-order valence-electron chi connectivity index (χ1n) is 10.2. The molecule has 2 atom stereocenters. The van der Waals surface area contributed by atoms with Gasteiger partial charge in [-0.2, -0.15) is 0 Å². The lowest BCUT2D eigenvalue weighted by molar-refractivity contribution is 0.406. The number of methoxy groups -OCH3 is 1. The molecule has 1 heterocycles. The van der Waals surface area contributed by atoms with Gasteiger partial charge in [-0.15, -0.1) is 0 Å². The second-order valence-electron chi connectivity index (χ2n) is 7.55. The number of phenols is 1. The monoisotopic (exact) mass is 542 g/mol. The molecule has 4 nitrogen and oxygen atoms in total. The fourth-order valence-corrected chi connectivity index (χ4v) is 4.78. The SMILES string of the molecule is CCc1ccc(C2=N[C@@H](c3ccc(OC)c(Br)c3)N[C@@H](c3cc(Br)ccc3O)C2)cc1. The average molecular weight is 544 g/mol. The van der Waals surface area contributed by atoms with Crippen molar-refractivity contribution in [3.05, 3.63) is 91.9 Å². The first kappa shape index (κ1) is 22.1. The van der Waals surface area contributed by atoms with Crippen LogP contribution in [0.3, 0.4) is 0 Å². The molecule has 0 radical (unpaired) electrons. The molecule has 3 aromatic rings. The van der Waals surface area contributed by atoms with E-state index in [9.17, 15) is 5.11 Å². The predicted octanol–water partition coefficient (Wildman–Crippen LogP) is 6.71. The molecule has 3 aromatic carbocycles. The zero-order valence-corrected chi connectivity index (χ0v) is 20.6. The van der Waals surface area contributed by atoms with Crippen LogP contribution in [0.4, 0.5) is 0 Å². The van der Waals surface area contributed by atoms with E-state index >= 15 is 0 Å². The number of phenolic OH excluding ortho intramolecular Hbond substituents is 1. The van der Waals surface area contributed by atoms with Crippen LogP contribution in [-0.4, -0.2) is 17.9 Å². The van der Waals surface area contributed by atoms with E-state index in [0.717, 1.165) is 43.5 Å². The number of ether oxygens (including phenoxy) is 1. The Morgan fingerprint density at radius 2 is 1.84 bits per heavy atom. The van der Waals surface area contributed by atoms with E-state index in [1.54, 1.807) is 13.2 Å². The highest BCUT2D eigenvalue weighted by Gasteiger charge is 2.28. The van der Waals surface area contributed by atoms with Crippen LogP contribution in [0.15, 0.2) is 74.6 Å². The van der Waals surface area contributed by atoms with E-state index in [2.05, 4.69) is 68.4 Å². The Balaban J connectivity index is 1.76. The summed E-state index contributed by atoms with van der Waals surface area (Å²) in [5, 5.41) is 14.2. The number of nitrogens with zero attached hydrogens (tertiary/aromatic N) is 1. The Kier molecular flexibility index (Phi) is 6.80. The third kappa shape index (κ3) is 4.86. The number of rotatable bonds is 5. The molecule has 0 saturated carbocycles. The number of hydrogen-bond donors (Lipinski definition) is 2. The van der Waals surface area contributed by atoms with Crippen molar-refractivity contribution in [3.63, 3.8) is 0 Å². The van der Waals surface area contributed by atoms with Crippen LogP contribution in [0.1, 0.15) is 47.8 Å². The molecule has 0 unspecified atom stereocenters. The molecule has 0 bridgehead atoms. The Morgan fingerprint density at radius 3 is 2.52 bits per heavy atom. The summed E-state index contributed by atoms with van der Waals surface area (Å²) in [6.45, 7) is 2.15. The molecule has 0 aliphatic carbocycles. The number of benzene rings is 3. The molecular formula is C25H24Br2N2O2. The van der Waals surface area contributed by atoms with Gasteiger partial charge in [0.25, 0.3) is 0 Å². The van der Waals surface area contributed by atoms with Gasteiger partial charge in [-0.3, -0.25) is 10.3 Å². The molecule has 0 fully saturated rings. The fourth-order valence-electron chi connectivity index (χ4n) is 3.84. The van der Waals surface area contributed by atoms with E-state index in [1.165, 1.54) is 5.56 Å². The molecule has 0 saturated heterocycles. The summed E-state index contributed by atoms with van der Waals surface area (Å²) < 4.78 is 7.19. The molecule has 0 aromatic heterocycles. The van der Waals surface area contributed by atoms with Gasteiger partial charge in [-0.05, 0) is 69.4 Å². The van der Waals surface area contributed by atoms with Crippen molar-refractivity contribution in [3.8, 4) is 11.5 Å². The van der Waals surface area contributed by atoms with Crippen LogP contribution in [0, 0.1) is 0 Å². The number of aliphatic imine (C=N–C) groups is 1. The van der Waals surface area contributed by atoms with E-state index in [4.69, 9.17) is 9.73 Å². The van der Waals surface area contributed by atoms with Gasteiger partial charge in [0.1, 0.15) is 17.7 Å². The zero-order valence-electron chi connectivity index (χ0n) is 17.4. The van der Waals surface area contributed by atoms with Crippen molar-refractivity contribution in [1.82, 2.24) is 5.32 Å². The predicted molar refractivity (Wildman–Crippen MR) is 132 cm³/mol. The minimum Gasteiger partial charge on any atom is -0.508 e. The van der Waals surface area contributed by atoms with E-state index < -0.39 is 0 Å². The molecule has 4 rings (SSSR count). The molecule has 0 spiro atoms. The zero-order chi connectivity index (χ0) is 22.0. The molecule has 1 aliphatic heterocycles. The second kappa shape index (κ2) is 9.55. The van der Waals surface area contributed by atoms with Crippen LogP contribution in [0.2, 0.25) is 0 Å². The summed E-state index contributed by atoms with van der Waals surface area (Å²) in [7, 11) is 1.65. The lowest BCUT2D eigenvalue weighted by Gasteiger charge is -2.31. The molecule has 0 amide bonds. The van der Waals surface area contributed by atoms with Gasteiger partial charge in [0.15, 0.2) is 0 Å². The maximum atomic E-state index is 10.6. The van der Waals surface area contributed by atoms with Crippen molar-refractivity contribution in [1.29, 1.82) is 0 Å². The van der Waals surface area contributed by atoms with Gasteiger partial charge >= 0.3 is 0 Å². The van der Waals surface area contributed by atoms with Gasteiger partial charge in [0.2, 0.25) is 0 Å². The van der Waals surface area contributed by atoms with Crippen molar-refractivity contribution in [2.75, 3.05) is 7.11 Å². The van der Waals surface area contributed by atoms with Crippen molar-refractivity contribution in [2.24, 2.45) is 4.99 Å². The number of nitrogens with one attached hydrogen (secondary N) is 1. The van der Waals surface area contributed by atoms with Crippen LogP contribution in [0.25, 0.3) is 0 Å². The van der Waals surface area contributed by atoms with E-state index in [1.807, 2.05) is 30.3 Å². The third-order valence-electron chi connectivity index (χ3n) is 5.59. The Hall–Kier alpha value is -2.15. The molecular weight excluding hydrogens is 520 g/mol. The van der Waals surface area contributed by atoms with Crippen molar-refractivity contribution in [2.45, 2.75) is 32.0 Å². The highest BCUT2D eigenvalue weighted by molar-refractivity contribution is 9.10. The maximum absolute atomic E-state index is 10.6. The number of hydrogen-bond acceptors (Lipinski definition) is 4. The summed E-state index contributed by atoms with van der Waals surface area (Å²) >= 11 is 7.12. The van der Waals surface area contributed by atoms with Gasteiger partial charge < -0.3 is 9.84 Å². The molecule has 160 valence electrons. The van der Waals surface area contributed by atoms with Gasteiger partial charge in [0, 0.05) is 28.2 Å². The largest absolute Gasteiger partial charge is 0.508 e. The van der Waals surface area contributed by atoms with Crippen LogP contribution in [0.5, 0.6) is 11.5 Å². The number of aromatic hydroxyl groups is 1. The summed E-state index contributed by atoms with van der Waals surface area (Å²) in [5.41, 5.74) is 5.30. The Morgan fingerprint density at radius 1 is 1.06 bits per heavy atom. The van der Waals surface area contributed by atoms with E-state index in [-0.39, 0.29) is 18.0 Å². The standard InChI is InChI=1S/C25H24Br2N2O2/c1-3-15-4-6-16(7-5-15)21-14-22(19-13-18(26)9-10-23(19)30)29-25(28-21)17-8-11-24(31-2)20(27)12-17/h4-13,22,25,29-30H,3,14H2,1-2H3/t22-,25-/m1/s1. The smallest absolute Gasteiger partial charge is 0.133 e. The van der Waals surface area contributed by atoms with Gasteiger partial charge in [-0.1, -0.05) is 53.2 Å². The van der Waals surface area contributed by atoms with Gasteiger partial charge in [0.05, 0.1) is 11.6 Å². The second-order valence-corrected chi connectivity index (χ2v) is 9.32. The summed E-state index contributed by atoms with van der Waals surface area (Å²) in [6.07, 6.45) is 1.44. The van der Waals surface area contributed by atoms with Crippen LogP contribution < -0.4 is 10.1 Å². The Bertz CT molecular complexity index is 1110. The topological polar surface area (TPSA) is 53.8 Å². The normalized spacial score (nSPS) is 18.5. The Labute approximate surface area is 199 Å². The van der Waals surface area contributed by atoms with Crippen LogP contribution >= 0.6 is 31.9 Å². The van der Waals surface area contributed by atoms with Crippen LogP contribution in [-0.2, 0) is 6.42 Å². The lowest BCUT2D eigenvalue weighted by Crippen LogP contribution is -2.33. The minimum absolute atomic E-state index is 0.0817.